The number of aryl methyl sites for hydroxylation is 2. The first kappa shape index (κ1) is 21.1. The standard InChI is InChI=1S/C17H30N4O4/c1-13-10-14(20(5)19-13)11-18-8-7-9-21(15(22)12-24-6)16(23)25-17(2,3)4/h10,18H,7-9,11-12H2,1-6H3. The molecule has 0 aromatic carbocycles. The number of aromatic nitrogens is 2. The van der Waals surface area contributed by atoms with Crippen molar-refractivity contribution in [1.29, 1.82) is 0 Å². The summed E-state index contributed by atoms with van der Waals surface area (Å²) in [6.07, 6.45) is -0.0252. The molecule has 1 heterocycles. The predicted octanol–water partition coefficient (Wildman–Crippen LogP) is 1.62. The van der Waals surface area contributed by atoms with E-state index in [-0.39, 0.29) is 13.2 Å². The molecule has 2 amide bonds. The first-order chi connectivity index (χ1) is 11.6. The van der Waals surface area contributed by atoms with Crippen molar-refractivity contribution in [3.8, 4) is 0 Å². The zero-order chi connectivity index (χ0) is 19.0. The fraction of sp³-hybridized carbons (Fsp3) is 0.706. The Morgan fingerprint density at radius 1 is 1.36 bits per heavy atom. The van der Waals surface area contributed by atoms with Crippen molar-refractivity contribution >= 4 is 12.0 Å². The van der Waals surface area contributed by atoms with Gasteiger partial charge in [0.15, 0.2) is 0 Å². The lowest BCUT2D eigenvalue weighted by molar-refractivity contribution is -0.134. The largest absolute Gasteiger partial charge is 0.443 e. The zero-order valence-corrected chi connectivity index (χ0v) is 16.1. The molecule has 1 aromatic heterocycles. The Hall–Kier alpha value is -1.93. The first-order valence-electron chi connectivity index (χ1n) is 8.36. The van der Waals surface area contributed by atoms with Gasteiger partial charge in [-0.2, -0.15) is 5.10 Å². The van der Waals surface area contributed by atoms with Gasteiger partial charge < -0.3 is 14.8 Å². The van der Waals surface area contributed by atoms with Crippen LogP contribution in [-0.4, -0.2) is 59.1 Å². The van der Waals surface area contributed by atoms with E-state index in [1.807, 2.05) is 24.7 Å². The van der Waals surface area contributed by atoms with Crippen molar-refractivity contribution in [2.24, 2.45) is 7.05 Å². The van der Waals surface area contributed by atoms with E-state index < -0.39 is 17.6 Å². The normalized spacial score (nSPS) is 11.4. The Balaban J connectivity index is 2.47. The van der Waals surface area contributed by atoms with Crippen LogP contribution in [0.15, 0.2) is 6.07 Å². The number of methoxy groups -OCH3 is 1. The molecule has 0 unspecified atom stereocenters. The van der Waals surface area contributed by atoms with Crippen LogP contribution in [0.4, 0.5) is 4.79 Å². The fourth-order valence-electron chi connectivity index (χ4n) is 2.24. The van der Waals surface area contributed by atoms with E-state index in [9.17, 15) is 9.59 Å². The molecule has 8 heteroatoms. The van der Waals surface area contributed by atoms with Crippen LogP contribution < -0.4 is 5.32 Å². The molecule has 0 radical (unpaired) electrons. The molecular formula is C17H30N4O4. The molecule has 8 nitrogen and oxygen atoms in total. The average molecular weight is 354 g/mol. The van der Waals surface area contributed by atoms with Crippen LogP contribution in [0.25, 0.3) is 0 Å². The summed E-state index contributed by atoms with van der Waals surface area (Å²) in [5, 5.41) is 7.57. The Kier molecular flexibility index (Phi) is 8.05. The van der Waals surface area contributed by atoms with Gasteiger partial charge in [0.25, 0.3) is 5.91 Å². The maximum absolute atomic E-state index is 12.2. The number of nitrogens with zero attached hydrogens (tertiary/aromatic N) is 3. The molecular weight excluding hydrogens is 324 g/mol. The predicted molar refractivity (Wildman–Crippen MR) is 94.1 cm³/mol. The Bertz CT molecular complexity index is 578. The topological polar surface area (TPSA) is 85.7 Å². The van der Waals surface area contributed by atoms with Gasteiger partial charge in [-0.1, -0.05) is 0 Å². The van der Waals surface area contributed by atoms with Crippen molar-refractivity contribution in [3.05, 3.63) is 17.5 Å². The highest BCUT2D eigenvalue weighted by Crippen LogP contribution is 2.10. The van der Waals surface area contributed by atoms with E-state index in [1.54, 1.807) is 20.8 Å². The summed E-state index contributed by atoms with van der Waals surface area (Å²) in [6, 6.07) is 2.02. The number of hydrogen-bond acceptors (Lipinski definition) is 6. The third-order valence-electron chi connectivity index (χ3n) is 3.32. The van der Waals surface area contributed by atoms with E-state index in [2.05, 4.69) is 10.4 Å². The average Bonchev–Trinajstić information content (AvgIpc) is 2.78. The van der Waals surface area contributed by atoms with E-state index >= 15 is 0 Å². The zero-order valence-electron chi connectivity index (χ0n) is 16.1. The molecule has 0 atom stereocenters. The third kappa shape index (κ3) is 7.66. The fourth-order valence-corrected chi connectivity index (χ4v) is 2.24. The van der Waals surface area contributed by atoms with Gasteiger partial charge in [0.05, 0.1) is 11.4 Å². The van der Waals surface area contributed by atoms with E-state index in [0.29, 0.717) is 19.5 Å². The SMILES string of the molecule is COCC(=O)N(CCCNCc1cc(C)nn1C)C(=O)OC(C)(C)C. The van der Waals surface area contributed by atoms with E-state index in [4.69, 9.17) is 9.47 Å². The summed E-state index contributed by atoms with van der Waals surface area (Å²) in [7, 11) is 3.32. The van der Waals surface area contributed by atoms with Gasteiger partial charge in [-0.15, -0.1) is 0 Å². The van der Waals surface area contributed by atoms with Crippen molar-refractivity contribution in [2.75, 3.05) is 26.8 Å². The number of amides is 2. The molecule has 0 saturated heterocycles. The lowest BCUT2D eigenvalue weighted by Crippen LogP contribution is -2.43. The van der Waals surface area contributed by atoms with Crippen molar-refractivity contribution in [1.82, 2.24) is 20.0 Å². The second-order valence-corrected chi connectivity index (χ2v) is 6.89. The Morgan fingerprint density at radius 2 is 2.04 bits per heavy atom. The summed E-state index contributed by atoms with van der Waals surface area (Å²) >= 11 is 0. The smallest absolute Gasteiger partial charge is 0.417 e. The Morgan fingerprint density at radius 3 is 2.56 bits per heavy atom. The molecule has 0 aliphatic rings. The minimum absolute atomic E-state index is 0.152. The summed E-state index contributed by atoms with van der Waals surface area (Å²) < 4.78 is 12.0. The van der Waals surface area contributed by atoms with Gasteiger partial charge in [0.2, 0.25) is 0 Å². The number of rotatable bonds is 8. The lowest BCUT2D eigenvalue weighted by atomic mass is 10.2. The molecule has 1 aromatic rings. The summed E-state index contributed by atoms with van der Waals surface area (Å²) in [4.78, 5) is 25.4. The number of nitrogens with one attached hydrogen (secondary N) is 1. The van der Waals surface area contributed by atoms with Crippen LogP contribution in [0.5, 0.6) is 0 Å². The number of carbonyl (C=O) groups is 2. The molecule has 0 bridgehead atoms. The van der Waals surface area contributed by atoms with Crippen LogP contribution in [0.3, 0.4) is 0 Å². The van der Waals surface area contributed by atoms with Crippen LogP contribution in [0.1, 0.15) is 38.6 Å². The van der Waals surface area contributed by atoms with Crippen LogP contribution in [-0.2, 0) is 27.9 Å². The quantitative estimate of drug-likeness (QED) is 0.714. The maximum atomic E-state index is 12.2. The second kappa shape index (κ2) is 9.53. The van der Waals surface area contributed by atoms with Crippen LogP contribution >= 0.6 is 0 Å². The highest BCUT2D eigenvalue weighted by molar-refractivity contribution is 5.92. The number of carbonyl (C=O) groups excluding carboxylic acids is 2. The van der Waals surface area contributed by atoms with Gasteiger partial charge >= 0.3 is 6.09 Å². The van der Waals surface area contributed by atoms with Gasteiger partial charge in [-0.05, 0) is 46.7 Å². The minimum Gasteiger partial charge on any atom is -0.443 e. The van der Waals surface area contributed by atoms with Gasteiger partial charge in [-0.3, -0.25) is 9.48 Å². The number of ether oxygens (including phenoxy) is 2. The molecule has 0 aliphatic carbocycles. The molecule has 142 valence electrons. The summed E-state index contributed by atoms with van der Waals surface area (Å²) in [5.74, 6) is -0.404. The molecule has 0 aliphatic heterocycles. The first-order valence-corrected chi connectivity index (χ1v) is 8.36. The molecule has 0 fully saturated rings. The van der Waals surface area contributed by atoms with Crippen LogP contribution in [0.2, 0.25) is 0 Å². The highest BCUT2D eigenvalue weighted by atomic mass is 16.6. The van der Waals surface area contributed by atoms with Crippen molar-refractivity contribution < 1.29 is 19.1 Å². The number of imide groups is 1. The van der Waals surface area contributed by atoms with Crippen molar-refractivity contribution in [3.63, 3.8) is 0 Å². The lowest BCUT2D eigenvalue weighted by Gasteiger charge is -2.26. The van der Waals surface area contributed by atoms with Gasteiger partial charge in [0.1, 0.15) is 12.2 Å². The van der Waals surface area contributed by atoms with Crippen molar-refractivity contribution in [2.45, 2.75) is 46.3 Å². The molecule has 25 heavy (non-hydrogen) atoms. The molecule has 0 spiro atoms. The van der Waals surface area contributed by atoms with E-state index in [0.717, 1.165) is 16.3 Å². The summed E-state index contributed by atoms with van der Waals surface area (Å²) in [6.45, 7) is 8.70. The minimum atomic E-state index is -0.654. The van der Waals surface area contributed by atoms with E-state index in [1.165, 1.54) is 7.11 Å². The number of hydrogen-bond donors (Lipinski definition) is 1. The summed E-state index contributed by atoms with van der Waals surface area (Å²) in [5.41, 5.74) is 1.40. The van der Waals surface area contributed by atoms with Crippen LogP contribution in [0, 0.1) is 6.92 Å². The highest BCUT2D eigenvalue weighted by Gasteiger charge is 2.26. The van der Waals surface area contributed by atoms with Gasteiger partial charge in [0, 0.05) is 27.2 Å². The molecule has 1 rings (SSSR count). The molecule has 0 saturated carbocycles. The monoisotopic (exact) mass is 354 g/mol. The second-order valence-electron chi connectivity index (χ2n) is 6.89. The third-order valence-corrected chi connectivity index (χ3v) is 3.32. The maximum Gasteiger partial charge on any atom is 0.417 e. The van der Waals surface area contributed by atoms with Gasteiger partial charge in [-0.25, -0.2) is 9.69 Å². The molecule has 1 N–H and O–H groups in total. The Labute approximate surface area is 149 Å².